The third-order valence-corrected chi connectivity index (χ3v) is 2.61. The molecular formula is C7H7F3IN3O. The molecule has 0 aliphatic rings. The Balaban J connectivity index is 3.12. The molecule has 4 N–H and O–H groups in total. The first-order valence-corrected chi connectivity index (χ1v) is 4.82. The zero-order valence-corrected chi connectivity index (χ0v) is 9.46. The Morgan fingerprint density at radius 3 is 2.53 bits per heavy atom. The number of halogens is 4. The normalized spacial score (nSPS) is 11.5. The number of ether oxygens (including phenoxy) is 1. The molecule has 0 saturated heterocycles. The number of pyridine rings is 1. The molecule has 0 amide bonds. The maximum atomic E-state index is 12.0. The van der Waals surface area contributed by atoms with E-state index in [0.717, 1.165) is 0 Å². The van der Waals surface area contributed by atoms with Crippen LogP contribution in [0.4, 0.5) is 19.0 Å². The predicted molar refractivity (Wildman–Crippen MR) is 55.9 cm³/mol. The summed E-state index contributed by atoms with van der Waals surface area (Å²) in [6.45, 7) is 0.0687. The third-order valence-electron chi connectivity index (χ3n) is 1.45. The second-order valence-corrected chi connectivity index (χ2v) is 3.66. The minimum atomic E-state index is -4.79. The van der Waals surface area contributed by atoms with E-state index in [1.807, 2.05) is 0 Å². The van der Waals surface area contributed by atoms with Gasteiger partial charge in [-0.25, -0.2) is 0 Å². The zero-order valence-electron chi connectivity index (χ0n) is 7.31. The molecule has 0 spiro atoms. The minimum Gasteiger partial charge on any atom is -0.387 e. The number of rotatable bonds is 2. The summed E-state index contributed by atoms with van der Waals surface area (Å²) in [7, 11) is 0. The van der Waals surface area contributed by atoms with Crippen molar-refractivity contribution < 1.29 is 17.9 Å². The van der Waals surface area contributed by atoms with E-state index in [4.69, 9.17) is 11.5 Å². The van der Waals surface area contributed by atoms with Crippen LogP contribution in [0.2, 0.25) is 0 Å². The molecule has 0 aliphatic heterocycles. The van der Waals surface area contributed by atoms with Crippen LogP contribution in [0.1, 0.15) is 5.56 Å². The fourth-order valence-electron chi connectivity index (χ4n) is 0.904. The highest BCUT2D eigenvalue weighted by atomic mass is 127. The van der Waals surface area contributed by atoms with Crippen molar-refractivity contribution in [2.45, 2.75) is 12.9 Å². The van der Waals surface area contributed by atoms with E-state index in [2.05, 4.69) is 9.72 Å². The molecule has 15 heavy (non-hydrogen) atoms. The van der Waals surface area contributed by atoms with Crippen LogP contribution in [-0.2, 0) is 6.54 Å². The van der Waals surface area contributed by atoms with Crippen LogP contribution in [-0.4, -0.2) is 11.3 Å². The van der Waals surface area contributed by atoms with Crippen molar-refractivity contribution in [3.63, 3.8) is 0 Å². The first kappa shape index (κ1) is 12.3. The molecule has 0 bridgehead atoms. The van der Waals surface area contributed by atoms with Crippen molar-refractivity contribution in [1.29, 1.82) is 0 Å². The molecule has 0 radical (unpaired) electrons. The largest absolute Gasteiger partial charge is 0.574 e. The summed E-state index contributed by atoms with van der Waals surface area (Å²) < 4.78 is 39.8. The van der Waals surface area contributed by atoms with Crippen molar-refractivity contribution in [3.05, 3.63) is 15.2 Å². The van der Waals surface area contributed by atoms with Gasteiger partial charge in [-0.1, -0.05) is 0 Å². The molecule has 0 unspecified atom stereocenters. The van der Waals surface area contributed by atoms with Gasteiger partial charge in [0.15, 0.2) is 0 Å². The smallest absolute Gasteiger partial charge is 0.387 e. The molecule has 1 aromatic heterocycles. The summed E-state index contributed by atoms with van der Waals surface area (Å²) >= 11 is 1.67. The van der Waals surface area contributed by atoms with Crippen molar-refractivity contribution in [2.24, 2.45) is 5.73 Å². The second kappa shape index (κ2) is 4.39. The van der Waals surface area contributed by atoms with E-state index < -0.39 is 12.2 Å². The quantitative estimate of drug-likeness (QED) is 0.807. The number of alkyl halides is 3. The number of hydrogen-bond acceptors (Lipinski definition) is 4. The molecule has 1 heterocycles. The van der Waals surface area contributed by atoms with Crippen LogP contribution in [0.5, 0.6) is 5.88 Å². The lowest BCUT2D eigenvalue weighted by Crippen LogP contribution is -2.19. The van der Waals surface area contributed by atoms with Gasteiger partial charge in [0, 0.05) is 6.54 Å². The molecule has 0 aliphatic carbocycles. The fourth-order valence-corrected chi connectivity index (χ4v) is 1.51. The Morgan fingerprint density at radius 1 is 1.47 bits per heavy atom. The monoisotopic (exact) mass is 333 g/mol. The molecule has 1 aromatic rings. The Morgan fingerprint density at radius 2 is 2.07 bits per heavy atom. The maximum Gasteiger partial charge on any atom is 0.574 e. The van der Waals surface area contributed by atoms with Gasteiger partial charge in [-0.15, -0.1) is 13.2 Å². The van der Waals surface area contributed by atoms with Gasteiger partial charge < -0.3 is 16.2 Å². The lowest BCUT2D eigenvalue weighted by molar-refractivity contribution is -0.276. The average molecular weight is 333 g/mol. The van der Waals surface area contributed by atoms with Crippen LogP contribution in [0, 0.1) is 3.57 Å². The molecule has 8 heteroatoms. The van der Waals surface area contributed by atoms with Gasteiger partial charge in [-0.3, -0.25) is 0 Å². The molecule has 4 nitrogen and oxygen atoms in total. The predicted octanol–water partition coefficient (Wildman–Crippen LogP) is 1.63. The first-order valence-electron chi connectivity index (χ1n) is 3.74. The van der Waals surface area contributed by atoms with Gasteiger partial charge in [0.1, 0.15) is 5.82 Å². The number of nitrogens with zero attached hydrogens (tertiary/aromatic N) is 1. The lowest BCUT2D eigenvalue weighted by Gasteiger charge is -2.12. The SMILES string of the molecule is NCc1cc(N)nc(OC(F)(F)F)c1I. The molecule has 0 saturated carbocycles. The molecule has 84 valence electrons. The molecule has 0 aromatic carbocycles. The molecular weight excluding hydrogens is 326 g/mol. The summed E-state index contributed by atoms with van der Waals surface area (Å²) in [6.07, 6.45) is -4.79. The van der Waals surface area contributed by atoms with E-state index >= 15 is 0 Å². The van der Waals surface area contributed by atoms with E-state index in [1.165, 1.54) is 6.07 Å². The van der Waals surface area contributed by atoms with Crippen LogP contribution in [0.3, 0.4) is 0 Å². The van der Waals surface area contributed by atoms with Gasteiger partial charge in [0.05, 0.1) is 3.57 Å². The number of anilines is 1. The Hall–Kier alpha value is -0.770. The van der Waals surface area contributed by atoms with E-state index in [9.17, 15) is 13.2 Å². The summed E-state index contributed by atoms with van der Waals surface area (Å²) in [5.41, 5.74) is 11.1. The van der Waals surface area contributed by atoms with Gasteiger partial charge in [-0.2, -0.15) is 4.98 Å². The first-order chi connectivity index (χ1) is 6.83. The van der Waals surface area contributed by atoms with Gasteiger partial charge in [0.2, 0.25) is 5.88 Å². The maximum absolute atomic E-state index is 12.0. The number of aromatic nitrogens is 1. The lowest BCUT2D eigenvalue weighted by atomic mass is 10.2. The van der Waals surface area contributed by atoms with Crippen molar-refractivity contribution in [3.8, 4) is 5.88 Å². The summed E-state index contributed by atoms with van der Waals surface area (Å²) in [5.74, 6) is -0.626. The molecule has 0 atom stereocenters. The highest BCUT2D eigenvalue weighted by Gasteiger charge is 2.33. The third kappa shape index (κ3) is 3.38. The van der Waals surface area contributed by atoms with E-state index in [-0.39, 0.29) is 15.9 Å². The number of nitrogen functional groups attached to an aromatic ring is 1. The summed E-state index contributed by atoms with van der Waals surface area (Å²) in [5, 5.41) is 0. The van der Waals surface area contributed by atoms with Gasteiger partial charge in [-0.05, 0) is 34.2 Å². The van der Waals surface area contributed by atoms with E-state index in [0.29, 0.717) is 5.56 Å². The van der Waals surface area contributed by atoms with E-state index in [1.54, 1.807) is 22.6 Å². The minimum absolute atomic E-state index is 0.0601. The van der Waals surface area contributed by atoms with Gasteiger partial charge in [0.25, 0.3) is 0 Å². The highest BCUT2D eigenvalue weighted by molar-refractivity contribution is 14.1. The van der Waals surface area contributed by atoms with Crippen LogP contribution >= 0.6 is 22.6 Å². The fraction of sp³-hybridized carbons (Fsp3) is 0.286. The zero-order chi connectivity index (χ0) is 11.6. The number of nitrogens with two attached hydrogens (primary N) is 2. The van der Waals surface area contributed by atoms with Crippen molar-refractivity contribution in [2.75, 3.05) is 5.73 Å². The van der Waals surface area contributed by atoms with Gasteiger partial charge >= 0.3 is 6.36 Å². The Labute approximate surface area is 96.9 Å². The number of hydrogen-bond donors (Lipinski definition) is 2. The summed E-state index contributed by atoms with van der Waals surface area (Å²) in [4.78, 5) is 3.44. The van der Waals surface area contributed by atoms with Crippen molar-refractivity contribution in [1.82, 2.24) is 4.98 Å². The highest BCUT2D eigenvalue weighted by Crippen LogP contribution is 2.29. The molecule has 1 rings (SSSR count). The second-order valence-electron chi connectivity index (χ2n) is 2.58. The topological polar surface area (TPSA) is 74.2 Å². The van der Waals surface area contributed by atoms with Crippen molar-refractivity contribution >= 4 is 28.4 Å². The average Bonchev–Trinajstić information content (AvgIpc) is 2.08. The van der Waals surface area contributed by atoms with Crippen LogP contribution in [0.25, 0.3) is 0 Å². The Kier molecular flexibility index (Phi) is 3.60. The standard InChI is InChI=1S/C7H7F3IN3O/c8-7(9,10)15-6-5(11)3(2-12)1-4(13)14-6/h1H,2,12H2,(H2,13,14). The van der Waals surface area contributed by atoms with Crippen LogP contribution < -0.4 is 16.2 Å². The summed E-state index contributed by atoms with van der Waals surface area (Å²) in [6, 6.07) is 1.41. The Bertz CT molecular complexity index is 369. The van der Waals surface area contributed by atoms with Crippen LogP contribution in [0.15, 0.2) is 6.07 Å². The molecule has 0 fully saturated rings.